The van der Waals surface area contributed by atoms with E-state index in [1.165, 1.54) is 11.1 Å². The van der Waals surface area contributed by atoms with Crippen molar-refractivity contribution in [1.29, 1.82) is 0 Å². The molecule has 0 atom stereocenters. The topological polar surface area (TPSA) is 55.7 Å². The number of rotatable bonds is 13. The number of ketones is 1. The Morgan fingerprint density at radius 2 is 0.763 bits per heavy atom. The monoisotopic (exact) mass is 1370 g/mol. The maximum absolute atomic E-state index is 16.0. The van der Waals surface area contributed by atoms with Crippen molar-refractivity contribution >= 4 is 5.78 Å². The van der Waals surface area contributed by atoms with Crippen molar-refractivity contribution in [1.82, 2.24) is 15.0 Å². The van der Waals surface area contributed by atoms with Crippen molar-refractivity contribution in [3.63, 3.8) is 0 Å². The maximum Gasteiger partial charge on any atom is 3.00 e. The summed E-state index contributed by atoms with van der Waals surface area (Å²) in [6, 6.07) is 104. The van der Waals surface area contributed by atoms with Gasteiger partial charge in [0, 0.05) is 35.1 Å². The summed E-state index contributed by atoms with van der Waals surface area (Å²) in [5, 5.41) is 0. The maximum atomic E-state index is 16.0. The number of pyridine rings is 3. The third kappa shape index (κ3) is 11.3. The summed E-state index contributed by atoms with van der Waals surface area (Å²) in [5.41, 5.74) is 30.7. The molecule has 0 unspecified atom stereocenters. The minimum atomic E-state index is -0.308. The molecule has 444 valence electrons. The zero-order chi connectivity index (χ0) is 62.5. The van der Waals surface area contributed by atoms with E-state index in [1.807, 2.05) is 79.3 Å². The number of aryl methyl sites for hydroxylation is 3. The van der Waals surface area contributed by atoms with Crippen molar-refractivity contribution in [2.24, 2.45) is 0 Å². The number of benzene rings is 11. The van der Waals surface area contributed by atoms with Crippen molar-refractivity contribution in [2.75, 3.05) is 0 Å². The van der Waals surface area contributed by atoms with Gasteiger partial charge >= 0.3 is 20.1 Å². The van der Waals surface area contributed by atoms with Crippen LogP contribution < -0.4 is 0 Å². The predicted molar refractivity (Wildman–Crippen MR) is 378 cm³/mol. The van der Waals surface area contributed by atoms with Crippen molar-refractivity contribution in [3.8, 4) is 134 Å². The molecule has 3 heterocycles. The number of nitrogens with zero attached hydrogens (tertiary/aromatic N) is 3. The van der Waals surface area contributed by atoms with Gasteiger partial charge in [-0.2, -0.15) is 0 Å². The Hall–Kier alpha value is -10.8. The molecule has 0 aliphatic heterocycles. The molecule has 1 aliphatic rings. The fraction of sp³-hybridized carbons (Fsp3) is 0.0682. The first-order valence-corrected chi connectivity index (χ1v) is 31.3. The number of carbonyl (C=O) groups excluding carboxylic acids is 1. The summed E-state index contributed by atoms with van der Waals surface area (Å²) >= 11 is 0. The average molecular weight is 1370 g/mol. The summed E-state index contributed by atoms with van der Waals surface area (Å²) in [6.07, 6.45) is 5.61. The van der Waals surface area contributed by atoms with Crippen molar-refractivity contribution in [3.05, 3.63) is 343 Å². The molecule has 4 nitrogen and oxygen atoms in total. The molecule has 0 bridgehead atoms. The molecule has 11 aromatic carbocycles. The summed E-state index contributed by atoms with van der Waals surface area (Å²) < 4.78 is 0. The molecule has 0 amide bonds. The van der Waals surface area contributed by atoms with Crippen LogP contribution in [0, 0.1) is 39.0 Å². The fourth-order valence-corrected chi connectivity index (χ4v) is 13.7. The minimum Gasteiger partial charge on any atom is -0.305 e. The van der Waals surface area contributed by atoms with E-state index in [9.17, 15) is 0 Å². The molecule has 1 aliphatic carbocycles. The zero-order valence-electron chi connectivity index (χ0n) is 52.2. The smallest absolute Gasteiger partial charge is 0.305 e. The molecule has 0 saturated carbocycles. The normalized spacial score (nSPS) is 12.0. The first kappa shape index (κ1) is 59.8. The van der Waals surface area contributed by atoms with E-state index < -0.39 is 0 Å². The van der Waals surface area contributed by atoms with Gasteiger partial charge in [-0.15, -0.1) is 82.4 Å². The second kappa shape index (κ2) is 25.1. The Morgan fingerprint density at radius 1 is 0.323 bits per heavy atom. The third-order valence-electron chi connectivity index (χ3n) is 18.4. The summed E-state index contributed by atoms with van der Waals surface area (Å²) in [5.74, 6) is -0.0783. The van der Waals surface area contributed by atoms with Crippen LogP contribution in [-0.4, -0.2) is 20.7 Å². The van der Waals surface area contributed by atoms with Crippen LogP contribution in [0.2, 0.25) is 0 Å². The molecule has 0 fully saturated rings. The molecular weight excluding hydrogens is 1310 g/mol. The second-order valence-corrected chi connectivity index (χ2v) is 24.5. The minimum absolute atomic E-state index is 0. The Kier molecular flexibility index (Phi) is 16.1. The van der Waals surface area contributed by atoms with Crippen LogP contribution >= 0.6 is 0 Å². The van der Waals surface area contributed by atoms with E-state index in [0.717, 1.165) is 151 Å². The number of hydrogen-bond acceptors (Lipinski definition) is 4. The molecule has 0 spiro atoms. The van der Waals surface area contributed by atoms with Crippen LogP contribution in [0.3, 0.4) is 0 Å². The van der Waals surface area contributed by atoms with E-state index in [1.54, 1.807) is 0 Å². The first-order chi connectivity index (χ1) is 45.0. The van der Waals surface area contributed by atoms with Gasteiger partial charge in [0.15, 0.2) is 5.78 Å². The number of carbonyl (C=O) groups is 1. The molecule has 14 aromatic rings. The molecule has 93 heavy (non-hydrogen) atoms. The van der Waals surface area contributed by atoms with Gasteiger partial charge in [-0.05, 0) is 144 Å². The van der Waals surface area contributed by atoms with Crippen LogP contribution in [0.4, 0.5) is 0 Å². The molecule has 0 N–H and O–H groups in total. The molecular formula is C88H62IrN3O. The van der Waals surface area contributed by atoms with Crippen LogP contribution in [0.25, 0.3) is 134 Å². The van der Waals surface area contributed by atoms with Gasteiger partial charge in [0.1, 0.15) is 0 Å². The number of fused-ring (bicyclic) bond motifs is 3. The van der Waals surface area contributed by atoms with Crippen molar-refractivity contribution < 1.29 is 24.9 Å². The van der Waals surface area contributed by atoms with E-state index in [0.29, 0.717) is 11.1 Å². The Labute approximate surface area is 558 Å². The quantitative estimate of drug-likeness (QED) is 0.0853. The zero-order valence-corrected chi connectivity index (χ0v) is 54.6. The van der Waals surface area contributed by atoms with Crippen LogP contribution in [-0.2, 0) is 25.5 Å². The first-order valence-electron chi connectivity index (χ1n) is 31.3. The molecule has 0 radical (unpaired) electrons. The number of hydrogen-bond donors (Lipinski definition) is 0. The average Bonchev–Trinajstić information content (AvgIpc) is 1.64. The van der Waals surface area contributed by atoms with E-state index >= 15 is 4.79 Å². The van der Waals surface area contributed by atoms with Gasteiger partial charge in [-0.25, -0.2) is 0 Å². The summed E-state index contributed by atoms with van der Waals surface area (Å²) in [4.78, 5) is 30.5. The molecule has 15 rings (SSSR count). The van der Waals surface area contributed by atoms with Gasteiger partial charge in [-0.1, -0.05) is 255 Å². The second-order valence-electron chi connectivity index (χ2n) is 24.5. The number of aromatic nitrogens is 3. The predicted octanol–water partition coefficient (Wildman–Crippen LogP) is 22.1. The Bertz CT molecular complexity index is 5040. The van der Waals surface area contributed by atoms with Gasteiger partial charge in [-0.3, -0.25) is 4.79 Å². The SMILES string of the molecule is Cc1cc(-c2[c-]cc(-c3ccccc3-c3cc(-c4ccccc4-c4c[c-]c(-c5ccccn5)cc4C)cc(-c4ccccc4-c4c[c-]c(-c5ccccn5)cc4C)c3)c(C(=O)c3ccc4c(c3)C(C)(C)c3ccccc3-4)c2)ncc1-c1cccc(-c2ccccc2)c1.[Ir+3]. The van der Waals surface area contributed by atoms with Crippen LogP contribution in [0.15, 0.2) is 286 Å². The third-order valence-corrected chi connectivity index (χ3v) is 18.4. The molecule has 3 aromatic heterocycles. The van der Waals surface area contributed by atoms with Crippen LogP contribution in [0.5, 0.6) is 0 Å². The molecule has 0 saturated heterocycles. The standard InChI is InChI=1S/C88H62N3O.Ir/c1-56-46-62(84-34-17-19-44-89-84)36-40-69(56)74-29-12-9-26-71(74)66-50-67(72-27-10-13-30-75(72)70-41-37-63(47-57(70)2)85-35-18-20-45-90-85)52-68(51-66)73-28-11-14-31-76(73)77-42-38-64(86-48-58(3)81(55-91-86)61-25-21-24-60(49-61)59-22-7-6-8-23-59)53-80(77)87(92)65-39-43-79-78-32-15-16-33-82(78)88(4,5)83(79)54-65;/h6-35,39-55H,1-5H3;/q-3;+3. The van der Waals surface area contributed by atoms with Crippen molar-refractivity contribution in [2.45, 2.75) is 40.0 Å². The van der Waals surface area contributed by atoms with Gasteiger partial charge < -0.3 is 15.0 Å². The van der Waals surface area contributed by atoms with Gasteiger partial charge in [0.05, 0.1) is 0 Å². The summed E-state index contributed by atoms with van der Waals surface area (Å²) in [7, 11) is 0. The summed E-state index contributed by atoms with van der Waals surface area (Å²) in [6.45, 7) is 11.0. The Balaban J connectivity index is 0.00000749. The Morgan fingerprint density at radius 3 is 1.30 bits per heavy atom. The van der Waals surface area contributed by atoms with Crippen LogP contribution in [0.1, 0.15) is 57.6 Å². The van der Waals surface area contributed by atoms with E-state index in [2.05, 4.69) is 269 Å². The fourth-order valence-electron chi connectivity index (χ4n) is 13.7. The van der Waals surface area contributed by atoms with E-state index in [4.69, 9.17) is 4.98 Å². The van der Waals surface area contributed by atoms with E-state index in [-0.39, 0.29) is 31.3 Å². The molecule has 5 heteroatoms. The largest absolute Gasteiger partial charge is 3.00 e. The van der Waals surface area contributed by atoms with Gasteiger partial charge in [0.25, 0.3) is 0 Å². The van der Waals surface area contributed by atoms with Gasteiger partial charge in [0.2, 0.25) is 0 Å².